The van der Waals surface area contributed by atoms with Crippen LogP contribution in [0.4, 0.5) is 11.4 Å². The number of hydrogen-bond donors (Lipinski definition) is 1. The Hall–Kier alpha value is -1.33. The van der Waals surface area contributed by atoms with E-state index in [0.29, 0.717) is 23.8 Å². The van der Waals surface area contributed by atoms with Crippen molar-refractivity contribution in [3.05, 3.63) is 33.3 Å². The molecule has 1 aromatic carbocycles. The summed E-state index contributed by atoms with van der Waals surface area (Å²) < 4.78 is 0. The van der Waals surface area contributed by atoms with E-state index < -0.39 is 0 Å². The van der Waals surface area contributed by atoms with Gasteiger partial charge in [0, 0.05) is 25.2 Å². The molecule has 0 aromatic heterocycles. The molecule has 0 bridgehead atoms. The van der Waals surface area contributed by atoms with E-state index in [0.717, 1.165) is 6.42 Å². The summed E-state index contributed by atoms with van der Waals surface area (Å²) in [5, 5.41) is 11.6. The number of para-hydroxylation sites is 1. The van der Waals surface area contributed by atoms with Crippen molar-refractivity contribution in [1.29, 1.82) is 0 Å². The number of halogens is 1. The Morgan fingerprint density at radius 2 is 2.21 bits per heavy atom. The lowest BCUT2D eigenvalue weighted by atomic mass is 9.79. The Balaban J connectivity index is 2.40. The van der Waals surface area contributed by atoms with E-state index >= 15 is 0 Å². The van der Waals surface area contributed by atoms with E-state index in [1.54, 1.807) is 12.1 Å². The third-order valence-electron chi connectivity index (χ3n) is 3.79. The molecule has 0 radical (unpaired) electrons. The number of nitro benzene ring substituents is 1. The number of nitrogens with two attached hydrogens (primary N) is 1. The van der Waals surface area contributed by atoms with Crippen LogP contribution in [0.2, 0.25) is 5.02 Å². The van der Waals surface area contributed by atoms with Gasteiger partial charge in [-0.1, -0.05) is 31.5 Å². The van der Waals surface area contributed by atoms with Crippen molar-refractivity contribution in [2.24, 2.45) is 11.1 Å². The lowest BCUT2D eigenvalue weighted by molar-refractivity contribution is -0.384. The van der Waals surface area contributed by atoms with Crippen molar-refractivity contribution in [3.63, 3.8) is 0 Å². The zero-order chi connectivity index (χ0) is 14.2. The summed E-state index contributed by atoms with van der Waals surface area (Å²) in [6, 6.07) is 4.88. The first-order chi connectivity index (χ1) is 8.83. The van der Waals surface area contributed by atoms with Crippen LogP contribution in [0.15, 0.2) is 18.2 Å². The van der Waals surface area contributed by atoms with Gasteiger partial charge in [0.15, 0.2) is 0 Å². The Bertz CT molecular complexity index is 505. The lowest BCUT2D eigenvalue weighted by Crippen LogP contribution is -2.52. The molecule has 1 aliphatic heterocycles. The summed E-state index contributed by atoms with van der Waals surface area (Å²) in [6.45, 7) is 5.51. The quantitative estimate of drug-likeness (QED) is 0.669. The zero-order valence-corrected chi connectivity index (χ0v) is 11.9. The van der Waals surface area contributed by atoms with Crippen LogP contribution in [0, 0.1) is 15.5 Å². The van der Waals surface area contributed by atoms with Crippen LogP contribution in [0.25, 0.3) is 0 Å². The molecule has 1 atom stereocenters. The fourth-order valence-corrected chi connectivity index (χ4v) is 2.82. The average molecular weight is 284 g/mol. The van der Waals surface area contributed by atoms with Crippen LogP contribution in [0.1, 0.15) is 20.3 Å². The van der Waals surface area contributed by atoms with Gasteiger partial charge in [0.25, 0.3) is 5.69 Å². The van der Waals surface area contributed by atoms with Crippen LogP contribution in [-0.4, -0.2) is 24.1 Å². The van der Waals surface area contributed by atoms with E-state index in [1.807, 2.05) is 4.90 Å². The van der Waals surface area contributed by atoms with Crippen molar-refractivity contribution in [1.82, 2.24) is 0 Å². The molecule has 0 saturated carbocycles. The second-order valence-electron chi connectivity index (χ2n) is 5.67. The third-order valence-corrected chi connectivity index (χ3v) is 4.10. The Labute approximate surface area is 117 Å². The maximum Gasteiger partial charge on any atom is 0.294 e. The fraction of sp³-hybridized carbons (Fsp3) is 0.538. The van der Waals surface area contributed by atoms with Gasteiger partial charge in [-0.05, 0) is 17.9 Å². The summed E-state index contributed by atoms with van der Waals surface area (Å²) >= 11 is 6.16. The average Bonchev–Trinajstić information content (AvgIpc) is 2.32. The highest BCUT2D eigenvalue weighted by Gasteiger charge is 2.36. The number of benzene rings is 1. The van der Waals surface area contributed by atoms with E-state index in [1.165, 1.54) is 6.07 Å². The van der Waals surface area contributed by atoms with Crippen molar-refractivity contribution in [2.45, 2.75) is 26.3 Å². The van der Waals surface area contributed by atoms with Crippen molar-refractivity contribution >= 4 is 23.0 Å². The second-order valence-corrected chi connectivity index (χ2v) is 6.08. The minimum Gasteiger partial charge on any atom is -0.364 e. The normalized spacial score (nSPS) is 22.3. The highest BCUT2D eigenvalue weighted by atomic mass is 35.5. The second kappa shape index (κ2) is 4.98. The number of hydrogen-bond acceptors (Lipinski definition) is 4. The number of nitrogens with zero attached hydrogens (tertiary/aromatic N) is 2. The first kappa shape index (κ1) is 14.1. The Kier molecular flexibility index (Phi) is 3.69. The van der Waals surface area contributed by atoms with Gasteiger partial charge in [-0.2, -0.15) is 0 Å². The molecule has 1 heterocycles. The maximum atomic E-state index is 11.1. The maximum absolute atomic E-state index is 11.1. The van der Waals surface area contributed by atoms with Crippen LogP contribution in [0.3, 0.4) is 0 Å². The van der Waals surface area contributed by atoms with Crippen LogP contribution >= 0.6 is 11.6 Å². The van der Waals surface area contributed by atoms with Gasteiger partial charge in [-0.25, -0.2) is 0 Å². The highest BCUT2D eigenvalue weighted by molar-refractivity contribution is 6.33. The topological polar surface area (TPSA) is 72.4 Å². The highest BCUT2D eigenvalue weighted by Crippen LogP contribution is 2.39. The number of nitro groups is 1. The molecule has 19 heavy (non-hydrogen) atoms. The summed E-state index contributed by atoms with van der Waals surface area (Å²) in [4.78, 5) is 12.7. The number of piperidine rings is 1. The lowest BCUT2D eigenvalue weighted by Gasteiger charge is -2.43. The number of anilines is 1. The fourth-order valence-electron chi connectivity index (χ4n) is 2.53. The van der Waals surface area contributed by atoms with Crippen LogP contribution < -0.4 is 10.6 Å². The SMILES string of the molecule is CC1(C)CN(c2c(Cl)cccc2[N+](=O)[O-])CCC1N. The summed E-state index contributed by atoms with van der Waals surface area (Å²) in [5.41, 5.74) is 6.57. The van der Waals surface area contributed by atoms with Gasteiger partial charge in [-0.3, -0.25) is 10.1 Å². The first-order valence-corrected chi connectivity index (χ1v) is 6.64. The molecule has 6 heteroatoms. The molecule has 1 unspecified atom stereocenters. The standard InChI is InChI=1S/C13H18ClN3O2/c1-13(2)8-16(7-6-11(13)15)12-9(14)4-3-5-10(12)17(18)19/h3-5,11H,6-8,15H2,1-2H3. The largest absolute Gasteiger partial charge is 0.364 e. The molecule has 1 saturated heterocycles. The van der Waals surface area contributed by atoms with Gasteiger partial charge in [0.2, 0.25) is 0 Å². The molecule has 5 nitrogen and oxygen atoms in total. The molecule has 2 N–H and O–H groups in total. The zero-order valence-electron chi connectivity index (χ0n) is 11.1. The van der Waals surface area contributed by atoms with Gasteiger partial charge >= 0.3 is 0 Å². The summed E-state index contributed by atoms with van der Waals surface area (Å²) in [6.07, 6.45) is 0.801. The van der Waals surface area contributed by atoms with E-state index in [9.17, 15) is 10.1 Å². The molecule has 0 amide bonds. The molecule has 104 valence electrons. The Morgan fingerprint density at radius 3 is 2.79 bits per heavy atom. The van der Waals surface area contributed by atoms with E-state index in [2.05, 4.69) is 13.8 Å². The molecule has 1 aromatic rings. The predicted octanol–water partition coefficient (Wildman–Crippen LogP) is 2.81. The monoisotopic (exact) mass is 283 g/mol. The van der Waals surface area contributed by atoms with Crippen molar-refractivity contribution in [2.75, 3.05) is 18.0 Å². The third kappa shape index (κ3) is 2.67. The molecular formula is C13H18ClN3O2. The molecular weight excluding hydrogens is 266 g/mol. The van der Waals surface area contributed by atoms with Crippen molar-refractivity contribution < 1.29 is 4.92 Å². The molecule has 0 aliphatic carbocycles. The molecule has 1 fully saturated rings. The molecule has 0 spiro atoms. The minimum atomic E-state index is -0.386. The van der Waals surface area contributed by atoms with Crippen LogP contribution in [-0.2, 0) is 0 Å². The smallest absolute Gasteiger partial charge is 0.294 e. The number of rotatable bonds is 2. The molecule has 2 rings (SSSR count). The predicted molar refractivity (Wildman–Crippen MR) is 76.7 cm³/mol. The van der Waals surface area contributed by atoms with Crippen LogP contribution in [0.5, 0.6) is 0 Å². The van der Waals surface area contributed by atoms with E-state index in [-0.39, 0.29) is 22.1 Å². The van der Waals surface area contributed by atoms with Gasteiger partial charge in [0.1, 0.15) is 5.69 Å². The minimum absolute atomic E-state index is 0.0544. The molecule has 1 aliphatic rings. The summed E-state index contributed by atoms with van der Waals surface area (Å²) in [7, 11) is 0. The van der Waals surface area contributed by atoms with Crippen molar-refractivity contribution in [3.8, 4) is 0 Å². The Morgan fingerprint density at radius 1 is 1.53 bits per heavy atom. The van der Waals surface area contributed by atoms with Gasteiger partial charge in [-0.15, -0.1) is 0 Å². The summed E-state index contributed by atoms with van der Waals surface area (Å²) in [5.74, 6) is 0. The van der Waals surface area contributed by atoms with E-state index in [4.69, 9.17) is 17.3 Å². The first-order valence-electron chi connectivity index (χ1n) is 6.26. The van der Waals surface area contributed by atoms with Gasteiger partial charge < -0.3 is 10.6 Å². The van der Waals surface area contributed by atoms with Gasteiger partial charge in [0.05, 0.1) is 9.95 Å².